The number of benzene rings is 2. The quantitative estimate of drug-likeness (QED) is 0.253. The SMILES string of the molecule is CN1CCN(Cc2ccc(NC(=O)Cc3cccc(C#Cc4cnc(N)nc4-c4cc5c(n4C)CCN(C(=O)O)C5=O)c3)cc2C(F)(F)F)CC1. The Balaban J connectivity index is 1.18. The van der Waals surface area contributed by atoms with Crippen LogP contribution in [0.5, 0.6) is 0 Å². The molecule has 4 heterocycles. The second-order valence-electron chi connectivity index (χ2n) is 12.6. The maximum Gasteiger partial charge on any atom is 0.416 e. The van der Waals surface area contributed by atoms with E-state index < -0.39 is 29.6 Å². The summed E-state index contributed by atoms with van der Waals surface area (Å²) in [6, 6.07) is 12.3. The number of hydrogen-bond acceptors (Lipinski definition) is 8. The van der Waals surface area contributed by atoms with Gasteiger partial charge < -0.3 is 25.6 Å². The Kier molecular flexibility index (Phi) is 9.82. The minimum absolute atomic E-state index is 0.0201. The molecule has 2 aliphatic heterocycles. The van der Waals surface area contributed by atoms with Gasteiger partial charge in [-0.3, -0.25) is 14.5 Å². The molecule has 2 aliphatic rings. The van der Waals surface area contributed by atoms with Gasteiger partial charge in [0.05, 0.1) is 28.8 Å². The molecule has 2 aromatic heterocycles. The Bertz CT molecular complexity index is 2080. The average molecular weight is 701 g/mol. The van der Waals surface area contributed by atoms with Crippen molar-refractivity contribution in [3.63, 3.8) is 0 Å². The van der Waals surface area contributed by atoms with Gasteiger partial charge in [0, 0.05) is 75.9 Å². The largest absolute Gasteiger partial charge is 0.465 e. The fourth-order valence-electron chi connectivity index (χ4n) is 6.28. The zero-order valence-corrected chi connectivity index (χ0v) is 27.9. The molecule has 0 spiro atoms. The van der Waals surface area contributed by atoms with Crippen LogP contribution in [0.2, 0.25) is 0 Å². The molecule has 6 rings (SSSR count). The van der Waals surface area contributed by atoms with Gasteiger partial charge in [0.2, 0.25) is 11.9 Å². The number of anilines is 2. The third-order valence-corrected chi connectivity index (χ3v) is 9.01. The van der Waals surface area contributed by atoms with Crippen molar-refractivity contribution in [2.24, 2.45) is 7.05 Å². The van der Waals surface area contributed by atoms with Crippen molar-refractivity contribution >= 4 is 29.5 Å². The van der Waals surface area contributed by atoms with E-state index in [1.165, 1.54) is 18.3 Å². The van der Waals surface area contributed by atoms with Gasteiger partial charge in [-0.2, -0.15) is 13.2 Å². The first-order valence-electron chi connectivity index (χ1n) is 16.1. The van der Waals surface area contributed by atoms with Crippen LogP contribution < -0.4 is 11.1 Å². The Morgan fingerprint density at radius 1 is 1.02 bits per heavy atom. The van der Waals surface area contributed by atoms with Gasteiger partial charge in [-0.15, -0.1) is 0 Å². The van der Waals surface area contributed by atoms with Crippen molar-refractivity contribution in [2.45, 2.75) is 25.6 Å². The minimum atomic E-state index is -4.58. The summed E-state index contributed by atoms with van der Waals surface area (Å²) in [4.78, 5) is 50.7. The summed E-state index contributed by atoms with van der Waals surface area (Å²) >= 11 is 0. The number of carbonyl (C=O) groups is 3. The maximum absolute atomic E-state index is 14.0. The lowest BCUT2D eigenvalue weighted by molar-refractivity contribution is -0.138. The van der Waals surface area contributed by atoms with E-state index in [1.54, 1.807) is 41.9 Å². The lowest BCUT2D eigenvalue weighted by atomic mass is 10.0. The van der Waals surface area contributed by atoms with E-state index in [1.807, 2.05) is 11.9 Å². The van der Waals surface area contributed by atoms with Crippen molar-refractivity contribution in [3.05, 3.63) is 93.8 Å². The number of nitrogens with zero attached hydrogens (tertiary/aromatic N) is 6. The number of aromatic nitrogens is 3. The molecular formula is C36H35F3N8O4. The first-order valence-corrected chi connectivity index (χ1v) is 16.1. The summed E-state index contributed by atoms with van der Waals surface area (Å²) in [5.74, 6) is 4.93. The van der Waals surface area contributed by atoms with Crippen LogP contribution in [0.15, 0.2) is 54.7 Å². The molecule has 2 aromatic carbocycles. The zero-order chi connectivity index (χ0) is 36.4. The summed E-state index contributed by atoms with van der Waals surface area (Å²) in [5, 5.41) is 12.0. The Morgan fingerprint density at radius 3 is 2.51 bits per heavy atom. The molecule has 0 unspecified atom stereocenters. The standard InChI is InChI=1S/C36H35F3N8O4/c1-44-12-14-46(15-13-44)21-25-8-9-26(18-28(25)36(37,38)39)42-31(48)17-23-5-3-4-22(16-23)6-7-24-20-41-34(40)43-32(24)30-19-27-29(45(30)2)10-11-47(33(27)49)35(50)51/h3-5,8-9,16,18-20H,10-15,17,21H2,1-2H3,(H,42,48)(H,50,51)(H2,40,41,43). The molecule has 0 atom stereocenters. The number of fused-ring (bicyclic) bond motifs is 1. The van der Waals surface area contributed by atoms with Crippen LogP contribution in [0.3, 0.4) is 0 Å². The van der Waals surface area contributed by atoms with Crippen LogP contribution in [-0.2, 0) is 37.4 Å². The molecule has 4 aromatic rings. The molecule has 15 heteroatoms. The topological polar surface area (TPSA) is 150 Å². The third kappa shape index (κ3) is 7.87. The van der Waals surface area contributed by atoms with Gasteiger partial charge in [-0.25, -0.2) is 19.7 Å². The Labute approximate surface area is 291 Å². The number of carboxylic acid groups (broad SMARTS) is 1. The van der Waals surface area contributed by atoms with Crippen molar-refractivity contribution in [1.29, 1.82) is 0 Å². The molecule has 0 aliphatic carbocycles. The van der Waals surface area contributed by atoms with Gasteiger partial charge in [-0.1, -0.05) is 30.0 Å². The van der Waals surface area contributed by atoms with E-state index in [0.29, 0.717) is 53.3 Å². The predicted molar refractivity (Wildman–Crippen MR) is 183 cm³/mol. The van der Waals surface area contributed by atoms with Crippen LogP contribution >= 0.6 is 0 Å². The van der Waals surface area contributed by atoms with Gasteiger partial charge in [-0.05, 0) is 48.5 Å². The van der Waals surface area contributed by atoms with Crippen LogP contribution in [0, 0.1) is 11.8 Å². The number of carbonyl (C=O) groups excluding carboxylic acids is 2. The normalized spacial score (nSPS) is 15.2. The number of halogens is 3. The van der Waals surface area contributed by atoms with E-state index in [0.717, 1.165) is 24.1 Å². The van der Waals surface area contributed by atoms with E-state index >= 15 is 0 Å². The maximum atomic E-state index is 14.0. The highest BCUT2D eigenvalue weighted by Gasteiger charge is 2.35. The van der Waals surface area contributed by atoms with Crippen LogP contribution in [-0.4, -0.2) is 92.0 Å². The Morgan fingerprint density at radius 2 is 1.78 bits per heavy atom. The molecule has 0 bridgehead atoms. The molecule has 0 radical (unpaired) electrons. The summed E-state index contributed by atoms with van der Waals surface area (Å²) in [6.07, 6.45) is -4.23. The highest BCUT2D eigenvalue weighted by atomic mass is 19.4. The second kappa shape index (κ2) is 14.3. The fraction of sp³-hybridized carbons (Fsp3) is 0.306. The number of nitrogens with two attached hydrogens (primary N) is 1. The number of likely N-dealkylation sites (N-methyl/N-ethyl adjacent to an activating group) is 1. The number of imide groups is 1. The molecule has 1 fully saturated rings. The van der Waals surface area contributed by atoms with Crippen LogP contribution in [0.4, 0.5) is 29.6 Å². The van der Waals surface area contributed by atoms with Gasteiger partial charge in [0.25, 0.3) is 5.91 Å². The van der Waals surface area contributed by atoms with E-state index in [-0.39, 0.29) is 42.3 Å². The lowest BCUT2D eigenvalue weighted by Crippen LogP contribution is -2.44. The highest BCUT2D eigenvalue weighted by molar-refractivity contribution is 6.05. The number of rotatable bonds is 6. The Hall–Kier alpha value is -5.72. The molecule has 3 amide bonds. The van der Waals surface area contributed by atoms with Crippen molar-refractivity contribution < 1.29 is 32.7 Å². The number of piperazine rings is 1. The first kappa shape index (κ1) is 35.1. The summed E-state index contributed by atoms with van der Waals surface area (Å²) in [7, 11) is 3.73. The monoisotopic (exact) mass is 700 g/mol. The van der Waals surface area contributed by atoms with Gasteiger partial charge in [0.1, 0.15) is 5.69 Å². The predicted octanol–water partition coefficient (Wildman–Crippen LogP) is 4.09. The number of alkyl halides is 3. The lowest BCUT2D eigenvalue weighted by Gasteiger charge is -2.33. The summed E-state index contributed by atoms with van der Waals surface area (Å²) < 4.78 is 43.9. The van der Waals surface area contributed by atoms with Crippen LogP contribution in [0.25, 0.3) is 11.4 Å². The number of hydrogen-bond donors (Lipinski definition) is 3. The number of nitrogen functional groups attached to an aromatic ring is 1. The van der Waals surface area contributed by atoms with E-state index in [2.05, 4.69) is 32.0 Å². The average Bonchev–Trinajstić information content (AvgIpc) is 3.42. The smallest absolute Gasteiger partial charge is 0.416 e. The van der Waals surface area contributed by atoms with E-state index in [4.69, 9.17) is 5.73 Å². The summed E-state index contributed by atoms with van der Waals surface area (Å²) in [6.45, 7) is 3.13. The first-order chi connectivity index (χ1) is 24.3. The molecule has 4 N–H and O–H groups in total. The zero-order valence-electron chi connectivity index (χ0n) is 27.9. The molecule has 0 saturated carbocycles. The number of nitrogens with one attached hydrogen (secondary N) is 1. The molecule has 51 heavy (non-hydrogen) atoms. The highest BCUT2D eigenvalue weighted by Crippen LogP contribution is 2.35. The molecule has 12 nitrogen and oxygen atoms in total. The molecule has 1 saturated heterocycles. The van der Waals surface area contributed by atoms with Gasteiger partial charge >= 0.3 is 12.3 Å². The summed E-state index contributed by atoms with van der Waals surface area (Å²) in [5.41, 5.74) is 8.65. The van der Waals surface area contributed by atoms with Crippen molar-refractivity contribution in [3.8, 4) is 23.2 Å². The number of amides is 3. The van der Waals surface area contributed by atoms with Crippen molar-refractivity contribution in [1.82, 2.24) is 29.2 Å². The molecular weight excluding hydrogens is 665 g/mol. The second-order valence-corrected chi connectivity index (χ2v) is 12.6. The fourth-order valence-corrected chi connectivity index (χ4v) is 6.28. The minimum Gasteiger partial charge on any atom is -0.465 e. The van der Waals surface area contributed by atoms with Gasteiger partial charge in [0.15, 0.2) is 0 Å². The van der Waals surface area contributed by atoms with E-state index in [9.17, 15) is 32.7 Å². The third-order valence-electron chi connectivity index (χ3n) is 9.01. The molecule has 264 valence electrons. The van der Waals surface area contributed by atoms with Crippen LogP contribution in [0.1, 0.15) is 43.9 Å². The van der Waals surface area contributed by atoms with Crippen molar-refractivity contribution in [2.75, 3.05) is 50.8 Å².